The zero-order valence-electron chi connectivity index (χ0n) is 12.4. The number of amides is 1. The molecule has 1 amide bonds. The number of rotatable bonds is 4. The van der Waals surface area contributed by atoms with Gasteiger partial charge >= 0.3 is 0 Å². The summed E-state index contributed by atoms with van der Waals surface area (Å²) < 4.78 is 1.51. The molecule has 1 heterocycles. The lowest BCUT2D eigenvalue weighted by molar-refractivity contribution is -0.117. The molecule has 1 fully saturated rings. The van der Waals surface area contributed by atoms with Crippen molar-refractivity contribution < 1.29 is 10.0 Å². The third-order valence-corrected chi connectivity index (χ3v) is 4.03. The highest BCUT2D eigenvalue weighted by Gasteiger charge is 2.19. The smallest absolute Gasteiger partial charge is 0.225 e. The van der Waals surface area contributed by atoms with E-state index in [0.29, 0.717) is 23.7 Å². The van der Waals surface area contributed by atoms with Crippen molar-refractivity contribution in [3.8, 4) is 0 Å². The number of carbonyl (C=O) groups is 1. The van der Waals surface area contributed by atoms with E-state index in [-0.39, 0.29) is 11.7 Å². The first-order valence-corrected chi connectivity index (χ1v) is 7.41. The summed E-state index contributed by atoms with van der Waals surface area (Å²) >= 11 is 0. The van der Waals surface area contributed by atoms with Gasteiger partial charge < -0.3 is 16.3 Å². The molecule has 2 rings (SSSR count). The highest BCUT2D eigenvalue weighted by molar-refractivity contribution is 6.04. The Hall–Kier alpha value is -2.05. The molecule has 0 spiro atoms. The fourth-order valence-electron chi connectivity index (χ4n) is 2.84. The summed E-state index contributed by atoms with van der Waals surface area (Å²) in [5, 5.41) is 18.6. The van der Waals surface area contributed by atoms with Crippen molar-refractivity contribution in [1.29, 1.82) is 0 Å². The molecular formula is C14H23N5O2. The lowest BCUT2D eigenvalue weighted by atomic mass is 9.96. The van der Waals surface area contributed by atoms with E-state index in [1.165, 1.54) is 36.6 Å². The Kier molecular flexibility index (Phi) is 5.19. The fraction of sp³-hybridized carbons (Fsp3) is 0.643. The lowest BCUT2D eigenvalue weighted by Gasteiger charge is -2.14. The van der Waals surface area contributed by atoms with Crippen molar-refractivity contribution in [3.63, 3.8) is 0 Å². The highest BCUT2D eigenvalue weighted by Crippen LogP contribution is 2.26. The monoisotopic (exact) mass is 293 g/mol. The van der Waals surface area contributed by atoms with E-state index in [2.05, 4.69) is 15.6 Å². The maximum atomic E-state index is 12.2. The number of nitrogens with two attached hydrogens (primary N) is 1. The number of carbonyl (C=O) groups excluding carboxylic acids is 1. The number of aromatic nitrogens is 2. The summed E-state index contributed by atoms with van der Waals surface area (Å²) in [5.41, 5.74) is 6.01. The number of hydrogen-bond donors (Lipinski definition) is 3. The normalized spacial score (nSPS) is 17.5. The Bertz CT molecular complexity index is 515. The summed E-state index contributed by atoms with van der Waals surface area (Å²) in [6.07, 6.45) is 9.17. The Balaban J connectivity index is 2.00. The number of nitrogens with zero attached hydrogens (tertiary/aromatic N) is 3. The number of aryl methyl sites for hydroxylation is 1. The van der Waals surface area contributed by atoms with Crippen molar-refractivity contribution in [1.82, 2.24) is 9.78 Å². The highest BCUT2D eigenvalue weighted by atomic mass is 16.4. The summed E-state index contributed by atoms with van der Waals surface area (Å²) in [6.45, 7) is 0. The van der Waals surface area contributed by atoms with Crippen LogP contribution in [0, 0.1) is 5.92 Å². The number of nitrogens with one attached hydrogen (secondary N) is 1. The van der Waals surface area contributed by atoms with E-state index in [1.54, 1.807) is 7.05 Å². The molecule has 21 heavy (non-hydrogen) atoms. The Morgan fingerprint density at radius 1 is 1.48 bits per heavy atom. The molecule has 0 bridgehead atoms. The molecule has 0 unspecified atom stereocenters. The van der Waals surface area contributed by atoms with E-state index >= 15 is 0 Å². The van der Waals surface area contributed by atoms with Crippen LogP contribution < -0.4 is 11.1 Å². The largest absolute Gasteiger partial charge is 0.409 e. The van der Waals surface area contributed by atoms with Crippen molar-refractivity contribution >= 4 is 17.6 Å². The van der Waals surface area contributed by atoms with Crippen LogP contribution >= 0.6 is 0 Å². The van der Waals surface area contributed by atoms with Crippen LogP contribution in [0.4, 0.5) is 5.82 Å². The van der Waals surface area contributed by atoms with Crippen LogP contribution in [0.25, 0.3) is 0 Å². The summed E-state index contributed by atoms with van der Waals surface area (Å²) in [7, 11) is 1.70. The van der Waals surface area contributed by atoms with E-state index in [0.717, 1.165) is 12.8 Å². The second kappa shape index (κ2) is 7.10. The quantitative estimate of drug-likeness (QED) is 0.259. The molecule has 1 aromatic heterocycles. The van der Waals surface area contributed by atoms with Gasteiger partial charge in [-0.15, -0.1) is 0 Å². The standard InChI is InChI=1S/C14H23N5O2/c1-19-14(11(9-16-19)13(15)18-21)17-12(20)8-10-6-4-2-3-5-7-10/h9-10,21H,2-8H2,1H3,(H2,15,18)(H,17,20). The van der Waals surface area contributed by atoms with Gasteiger partial charge in [-0.25, -0.2) is 0 Å². The second-order valence-corrected chi connectivity index (χ2v) is 5.63. The Morgan fingerprint density at radius 3 is 2.76 bits per heavy atom. The van der Waals surface area contributed by atoms with Crippen LogP contribution in [0.2, 0.25) is 0 Å². The minimum Gasteiger partial charge on any atom is -0.409 e. The molecule has 1 saturated carbocycles. The van der Waals surface area contributed by atoms with Crippen LogP contribution in [0.5, 0.6) is 0 Å². The number of hydrogen-bond acceptors (Lipinski definition) is 4. The summed E-state index contributed by atoms with van der Waals surface area (Å²) in [6, 6.07) is 0. The average molecular weight is 293 g/mol. The van der Waals surface area contributed by atoms with E-state index < -0.39 is 0 Å². The predicted molar refractivity (Wildman–Crippen MR) is 80.2 cm³/mol. The molecule has 0 aliphatic heterocycles. The van der Waals surface area contributed by atoms with E-state index in [9.17, 15) is 4.79 Å². The summed E-state index contributed by atoms with van der Waals surface area (Å²) in [4.78, 5) is 12.2. The van der Waals surface area contributed by atoms with Crippen molar-refractivity contribution in [3.05, 3.63) is 11.8 Å². The Morgan fingerprint density at radius 2 is 2.14 bits per heavy atom. The topological polar surface area (TPSA) is 106 Å². The van der Waals surface area contributed by atoms with Gasteiger partial charge in [0, 0.05) is 13.5 Å². The second-order valence-electron chi connectivity index (χ2n) is 5.63. The molecule has 0 saturated heterocycles. The molecule has 1 aromatic rings. The van der Waals surface area contributed by atoms with E-state index in [1.807, 2.05) is 0 Å². The lowest BCUT2D eigenvalue weighted by Crippen LogP contribution is -2.21. The molecule has 7 nitrogen and oxygen atoms in total. The van der Waals surface area contributed by atoms with Crippen LogP contribution in [-0.2, 0) is 11.8 Å². The number of amidine groups is 1. The van der Waals surface area contributed by atoms with Crippen LogP contribution in [0.1, 0.15) is 50.5 Å². The zero-order chi connectivity index (χ0) is 15.2. The molecule has 7 heteroatoms. The maximum absolute atomic E-state index is 12.2. The van der Waals surface area contributed by atoms with Gasteiger partial charge in [0.05, 0.1) is 11.8 Å². The van der Waals surface area contributed by atoms with Crippen molar-refractivity contribution in [2.24, 2.45) is 23.9 Å². The van der Waals surface area contributed by atoms with Gasteiger partial charge in [-0.1, -0.05) is 30.8 Å². The van der Waals surface area contributed by atoms with Gasteiger partial charge in [0.15, 0.2) is 5.84 Å². The first-order chi connectivity index (χ1) is 10.1. The number of anilines is 1. The SMILES string of the molecule is Cn1ncc(C(N)=NO)c1NC(=O)CC1CCCCCC1. The molecule has 4 N–H and O–H groups in total. The third-order valence-electron chi connectivity index (χ3n) is 4.03. The predicted octanol–water partition coefficient (Wildman–Crippen LogP) is 1.81. The van der Waals surface area contributed by atoms with Gasteiger partial charge in [-0.3, -0.25) is 9.48 Å². The van der Waals surface area contributed by atoms with Crippen molar-refractivity contribution in [2.75, 3.05) is 5.32 Å². The van der Waals surface area contributed by atoms with Crippen LogP contribution in [0.15, 0.2) is 11.4 Å². The van der Waals surface area contributed by atoms with Gasteiger partial charge in [-0.2, -0.15) is 5.10 Å². The molecule has 1 aliphatic rings. The molecule has 1 aliphatic carbocycles. The molecule has 116 valence electrons. The fourth-order valence-corrected chi connectivity index (χ4v) is 2.84. The van der Waals surface area contributed by atoms with E-state index in [4.69, 9.17) is 10.9 Å². The average Bonchev–Trinajstić information content (AvgIpc) is 2.68. The molecule has 0 radical (unpaired) electrons. The third kappa shape index (κ3) is 3.96. The van der Waals surface area contributed by atoms with Gasteiger partial charge in [0.25, 0.3) is 0 Å². The van der Waals surface area contributed by atoms with Gasteiger partial charge in [-0.05, 0) is 18.8 Å². The van der Waals surface area contributed by atoms with Crippen LogP contribution in [0.3, 0.4) is 0 Å². The molecule has 0 aromatic carbocycles. The molecular weight excluding hydrogens is 270 g/mol. The number of oxime groups is 1. The Labute approximate surface area is 124 Å². The minimum absolute atomic E-state index is 0.0440. The summed E-state index contributed by atoms with van der Waals surface area (Å²) in [5.74, 6) is 0.808. The molecule has 0 atom stereocenters. The van der Waals surface area contributed by atoms with Crippen molar-refractivity contribution in [2.45, 2.75) is 44.9 Å². The maximum Gasteiger partial charge on any atom is 0.225 e. The zero-order valence-corrected chi connectivity index (χ0v) is 12.4. The van der Waals surface area contributed by atoms with Gasteiger partial charge in [0.1, 0.15) is 5.82 Å². The van der Waals surface area contributed by atoms with Gasteiger partial charge in [0.2, 0.25) is 5.91 Å². The first-order valence-electron chi connectivity index (χ1n) is 7.41. The first kappa shape index (κ1) is 15.3. The van der Waals surface area contributed by atoms with Crippen LogP contribution in [-0.4, -0.2) is 26.7 Å². The minimum atomic E-state index is -0.0622.